The number of hydrogen-bond donors (Lipinski definition) is 1. The molecule has 0 radical (unpaired) electrons. The molecular weight excluding hydrogens is 567 g/mol. The Labute approximate surface area is 237 Å². The number of methoxy groups -OCH3 is 1. The monoisotopic (exact) mass is 591 g/mol. The summed E-state index contributed by atoms with van der Waals surface area (Å²) in [5, 5.41) is 8.07. The number of thioether (sulfide) groups is 1. The zero-order valence-electron chi connectivity index (χ0n) is 21.6. The van der Waals surface area contributed by atoms with Crippen molar-refractivity contribution in [2.45, 2.75) is 25.6 Å². The summed E-state index contributed by atoms with van der Waals surface area (Å²) >= 11 is 7.05. The number of aromatic amines is 1. The minimum absolute atomic E-state index is 0.00724. The lowest BCUT2D eigenvalue weighted by molar-refractivity contribution is -0.138. The fourth-order valence-corrected chi connectivity index (χ4v) is 6.21. The van der Waals surface area contributed by atoms with Crippen LogP contribution >= 0.6 is 23.4 Å². The van der Waals surface area contributed by atoms with Crippen LogP contribution in [0.3, 0.4) is 0 Å². The van der Waals surface area contributed by atoms with Gasteiger partial charge >= 0.3 is 6.18 Å². The van der Waals surface area contributed by atoms with Gasteiger partial charge in [-0.25, -0.2) is 0 Å². The van der Waals surface area contributed by atoms with Gasteiger partial charge < -0.3 is 14.5 Å². The summed E-state index contributed by atoms with van der Waals surface area (Å²) in [4.78, 5) is 33.8. The summed E-state index contributed by atoms with van der Waals surface area (Å²) in [6, 6.07) is 8.83. The lowest BCUT2D eigenvalue weighted by atomic mass is 9.93. The zero-order chi connectivity index (χ0) is 28.6. The number of piperazine rings is 1. The van der Waals surface area contributed by atoms with Gasteiger partial charge in [0, 0.05) is 43.2 Å². The predicted octanol–water partition coefficient (Wildman–Crippen LogP) is 5.00. The lowest BCUT2D eigenvalue weighted by Crippen LogP contribution is -2.55. The van der Waals surface area contributed by atoms with Crippen molar-refractivity contribution < 1.29 is 27.5 Å². The van der Waals surface area contributed by atoms with E-state index in [4.69, 9.17) is 16.3 Å². The van der Waals surface area contributed by atoms with Crippen molar-refractivity contribution in [3.8, 4) is 0 Å². The first kappa shape index (κ1) is 28.2. The van der Waals surface area contributed by atoms with Crippen LogP contribution in [-0.4, -0.2) is 76.4 Å². The molecule has 0 unspecified atom stereocenters. The Kier molecular flexibility index (Phi) is 7.94. The topological polar surface area (TPSA) is 90.9 Å². The highest BCUT2D eigenvalue weighted by Crippen LogP contribution is 2.41. The number of H-pyrrole nitrogens is 1. The average molecular weight is 592 g/mol. The molecule has 0 saturated carbocycles. The van der Waals surface area contributed by atoms with Crippen molar-refractivity contribution in [2.24, 2.45) is 4.99 Å². The van der Waals surface area contributed by atoms with Crippen LogP contribution in [0.25, 0.3) is 16.5 Å². The Morgan fingerprint density at radius 1 is 1.23 bits per heavy atom. The standard InChI is InChI=1S/C27H25ClF3N5O3S/c1-15-13-35(23(37)14-39-2)7-8-36(15)26-33-25(38)24(40-26)20(16-4-6-22-18(9-16)12-32-34-22)10-17-3-5-19(28)11-21(17)27(29,30)31/h3-6,9,11-12,15H,7-8,10,13-14H2,1-2H3,(H,32,34)/t15-/m1/s1. The molecule has 2 amide bonds. The number of ether oxygens (including phenoxy) is 1. The molecule has 8 nitrogen and oxygen atoms in total. The summed E-state index contributed by atoms with van der Waals surface area (Å²) in [7, 11) is 1.46. The molecule has 1 N–H and O–H groups in total. The van der Waals surface area contributed by atoms with Crippen LogP contribution in [0.5, 0.6) is 0 Å². The maximum absolute atomic E-state index is 14.0. The van der Waals surface area contributed by atoms with E-state index in [0.717, 1.165) is 28.7 Å². The Balaban J connectivity index is 1.51. The second-order valence-corrected chi connectivity index (χ2v) is 11.0. The molecule has 13 heteroatoms. The first-order chi connectivity index (χ1) is 19.0. The van der Waals surface area contributed by atoms with E-state index in [9.17, 15) is 22.8 Å². The molecule has 1 fully saturated rings. The Morgan fingerprint density at radius 2 is 2.02 bits per heavy atom. The molecule has 1 aromatic heterocycles. The van der Waals surface area contributed by atoms with Gasteiger partial charge in [-0.1, -0.05) is 23.7 Å². The predicted molar refractivity (Wildman–Crippen MR) is 148 cm³/mol. The van der Waals surface area contributed by atoms with E-state index in [1.165, 1.54) is 19.2 Å². The first-order valence-corrected chi connectivity index (χ1v) is 13.6. The van der Waals surface area contributed by atoms with E-state index in [-0.39, 0.29) is 40.5 Å². The van der Waals surface area contributed by atoms with Crippen molar-refractivity contribution in [1.82, 2.24) is 20.0 Å². The number of nitrogens with zero attached hydrogens (tertiary/aromatic N) is 4. The minimum Gasteiger partial charge on any atom is -0.375 e. The van der Waals surface area contributed by atoms with E-state index in [1.807, 2.05) is 11.8 Å². The quantitative estimate of drug-likeness (QED) is 0.420. The normalized spacial score (nSPS) is 19.4. The molecule has 0 aliphatic carbocycles. The number of carbonyl (C=O) groups excluding carboxylic acids is 2. The molecule has 40 heavy (non-hydrogen) atoms. The number of fused-ring (bicyclic) bond motifs is 1. The van der Waals surface area contributed by atoms with Crippen LogP contribution < -0.4 is 0 Å². The molecule has 0 spiro atoms. The van der Waals surface area contributed by atoms with Gasteiger partial charge in [0.05, 0.1) is 22.2 Å². The molecular formula is C27H25ClF3N5O3S. The minimum atomic E-state index is -4.63. The van der Waals surface area contributed by atoms with Crippen molar-refractivity contribution in [2.75, 3.05) is 33.4 Å². The highest BCUT2D eigenvalue weighted by atomic mass is 35.5. The summed E-state index contributed by atoms with van der Waals surface area (Å²) < 4.78 is 46.8. The van der Waals surface area contributed by atoms with E-state index in [1.54, 1.807) is 29.3 Å². The van der Waals surface area contributed by atoms with Gasteiger partial charge in [-0.15, -0.1) is 0 Å². The molecule has 0 bridgehead atoms. The highest BCUT2D eigenvalue weighted by molar-refractivity contribution is 8.18. The average Bonchev–Trinajstić information content (AvgIpc) is 3.53. The summed E-state index contributed by atoms with van der Waals surface area (Å²) in [6.45, 7) is 3.23. The van der Waals surface area contributed by atoms with Gasteiger partial charge in [0.2, 0.25) is 5.91 Å². The fourth-order valence-electron chi connectivity index (χ4n) is 4.89. The first-order valence-electron chi connectivity index (χ1n) is 12.4. The van der Waals surface area contributed by atoms with Crippen molar-refractivity contribution in [3.05, 3.63) is 69.2 Å². The van der Waals surface area contributed by atoms with Crippen LogP contribution in [0.4, 0.5) is 13.2 Å². The largest absolute Gasteiger partial charge is 0.416 e. The Bertz CT molecular complexity index is 1540. The molecule has 2 aromatic carbocycles. The Hall–Kier alpha value is -3.35. The second-order valence-electron chi connectivity index (χ2n) is 9.57. The van der Waals surface area contributed by atoms with Crippen LogP contribution in [0.15, 0.2) is 52.5 Å². The molecule has 5 rings (SSSR count). The third-order valence-electron chi connectivity index (χ3n) is 6.89. The third kappa shape index (κ3) is 5.74. The third-order valence-corrected chi connectivity index (χ3v) is 8.25. The molecule has 210 valence electrons. The van der Waals surface area contributed by atoms with Gasteiger partial charge in [0.25, 0.3) is 5.91 Å². The Morgan fingerprint density at radius 3 is 2.75 bits per heavy atom. The smallest absolute Gasteiger partial charge is 0.375 e. The summed E-state index contributed by atoms with van der Waals surface area (Å²) in [6.07, 6.45) is -3.18. The van der Waals surface area contributed by atoms with Crippen LogP contribution in [0.1, 0.15) is 23.6 Å². The number of aliphatic imine (C=N–C) groups is 1. The molecule has 2 aliphatic rings. The van der Waals surface area contributed by atoms with Crippen molar-refractivity contribution in [1.29, 1.82) is 0 Å². The van der Waals surface area contributed by atoms with Crippen molar-refractivity contribution >= 4 is 56.8 Å². The number of allylic oxidation sites excluding steroid dienone is 1. The van der Waals surface area contributed by atoms with Gasteiger partial charge in [0.1, 0.15) is 6.61 Å². The van der Waals surface area contributed by atoms with E-state index >= 15 is 0 Å². The van der Waals surface area contributed by atoms with E-state index in [0.29, 0.717) is 35.9 Å². The number of benzene rings is 2. The lowest BCUT2D eigenvalue weighted by Gasteiger charge is -2.40. The fraction of sp³-hybridized carbons (Fsp3) is 0.333. The molecule has 3 heterocycles. The molecule has 3 aromatic rings. The second kappa shape index (κ2) is 11.3. The van der Waals surface area contributed by atoms with Gasteiger partial charge in [0.15, 0.2) is 5.17 Å². The highest BCUT2D eigenvalue weighted by Gasteiger charge is 2.37. The SMILES string of the molecule is COCC(=O)N1CCN(C2=NC(=O)C(=C(Cc3ccc(Cl)cc3C(F)(F)F)c3ccc4[nH]ncc4c3)S2)[C@H](C)C1. The number of amides is 2. The number of alkyl halides is 3. The van der Waals surface area contributed by atoms with E-state index < -0.39 is 17.6 Å². The van der Waals surface area contributed by atoms with E-state index in [2.05, 4.69) is 15.2 Å². The van der Waals surface area contributed by atoms with Gasteiger partial charge in [-0.05, 0) is 66.1 Å². The number of aromatic nitrogens is 2. The number of amidine groups is 1. The number of hydrogen-bond acceptors (Lipinski definition) is 6. The number of nitrogens with one attached hydrogen (secondary N) is 1. The summed E-state index contributed by atoms with van der Waals surface area (Å²) in [5.41, 5.74) is 0.905. The maximum Gasteiger partial charge on any atom is 0.416 e. The number of halogens is 4. The number of rotatable bonds is 5. The zero-order valence-corrected chi connectivity index (χ0v) is 23.2. The summed E-state index contributed by atoms with van der Waals surface area (Å²) in [5.74, 6) is -0.637. The maximum atomic E-state index is 14.0. The molecule has 2 aliphatic heterocycles. The van der Waals surface area contributed by atoms with Gasteiger partial charge in [-0.3, -0.25) is 14.7 Å². The molecule has 1 atom stereocenters. The van der Waals surface area contributed by atoms with Crippen LogP contribution in [-0.2, 0) is 26.9 Å². The van der Waals surface area contributed by atoms with Gasteiger partial charge in [-0.2, -0.15) is 23.3 Å². The molecule has 1 saturated heterocycles. The van der Waals surface area contributed by atoms with Crippen molar-refractivity contribution in [3.63, 3.8) is 0 Å². The van der Waals surface area contributed by atoms with Crippen LogP contribution in [0, 0.1) is 0 Å². The van der Waals surface area contributed by atoms with Crippen LogP contribution in [0.2, 0.25) is 5.02 Å². The number of carbonyl (C=O) groups is 2.